The number of imidazole rings is 1. The van der Waals surface area contributed by atoms with Gasteiger partial charge in [-0.05, 0) is 69.2 Å². The van der Waals surface area contributed by atoms with Gasteiger partial charge in [-0.15, -0.1) is 0 Å². The molecule has 0 aliphatic heterocycles. The number of carbonyl (C=O) groups excluding carboxylic acids is 1. The number of aryl methyl sites for hydroxylation is 1. The van der Waals surface area contributed by atoms with E-state index < -0.39 is 29.4 Å². The number of benzene rings is 2. The molecule has 5 nitrogen and oxygen atoms in total. The molecule has 1 heterocycles. The van der Waals surface area contributed by atoms with Crippen LogP contribution in [0.1, 0.15) is 54.2 Å². The molecule has 0 atom stereocenters. The molecule has 12 heteroatoms. The first-order valence-electron chi connectivity index (χ1n) is 11.5. The predicted octanol–water partition coefficient (Wildman–Crippen LogP) is 7.36. The lowest BCUT2D eigenvalue weighted by molar-refractivity contribution is -0.143. The largest absolute Gasteiger partial charge is 0.462 e. The van der Waals surface area contributed by atoms with Crippen LogP contribution in [0.3, 0.4) is 0 Å². The van der Waals surface area contributed by atoms with E-state index in [1.165, 1.54) is 0 Å². The molecule has 2 aromatic carbocycles. The number of carbonyl (C=O) groups is 1. The minimum Gasteiger partial charge on any atom is -0.462 e. The summed E-state index contributed by atoms with van der Waals surface area (Å²) in [5, 5.41) is 0.395. The molecule has 0 aliphatic rings. The maximum absolute atomic E-state index is 13.3. The molecule has 3 rings (SSSR count). The fourth-order valence-corrected chi connectivity index (χ4v) is 4.54. The molecule has 1 aromatic heterocycles. The maximum atomic E-state index is 13.3. The van der Waals surface area contributed by atoms with Gasteiger partial charge in [0.05, 0.1) is 40.4 Å². The lowest BCUT2D eigenvalue weighted by Crippen LogP contribution is -2.11. The third-order valence-electron chi connectivity index (χ3n) is 5.22. The van der Waals surface area contributed by atoms with E-state index in [9.17, 15) is 31.1 Å². The number of halogens is 6. The number of hydrogen-bond acceptors (Lipinski definition) is 5. The summed E-state index contributed by atoms with van der Waals surface area (Å²) in [6, 6.07) is 6.35. The fraction of sp³-hybridized carbons (Fsp3) is 0.440. The molecule has 0 fully saturated rings. The van der Waals surface area contributed by atoms with Gasteiger partial charge < -0.3 is 14.0 Å². The van der Waals surface area contributed by atoms with Gasteiger partial charge in [0.25, 0.3) is 0 Å². The quantitative estimate of drug-likeness (QED) is 0.115. The zero-order chi connectivity index (χ0) is 27.4. The highest BCUT2D eigenvalue weighted by atomic mass is 32.2. The number of aromatic nitrogens is 2. The van der Waals surface area contributed by atoms with Crippen LogP contribution in [-0.4, -0.2) is 34.8 Å². The van der Waals surface area contributed by atoms with E-state index in [0.29, 0.717) is 47.9 Å². The van der Waals surface area contributed by atoms with Crippen LogP contribution < -0.4 is 0 Å². The third kappa shape index (κ3) is 7.64. The van der Waals surface area contributed by atoms with Crippen molar-refractivity contribution in [3.8, 4) is 0 Å². The first-order valence-corrected chi connectivity index (χ1v) is 12.5. The summed E-state index contributed by atoms with van der Waals surface area (Å²) in [5.74, 6) is -0.703. The molecule has 0 N–H and O–H groups in total. The molecule has 0 radical (unpaired) electrons. The zero-order valence-corrected chi connectivity index (χ0v) is 21.2. The van der Waals surface area contributed by atoms with Crippen LogP contribution in [0.15, 0.2) is 41.6 Å². The van der Waals surface area contributed by atoms with Crippen LogP contribution in [0.4, 0.5) is 26.3 Å². The number of esters is 1. The standard InChI is InChI=1S/C25H26F6N2O3S/c1-4-35-22(34)17-6-7-21-20(12-17)32-23(33(21)8-5-9-36-15(2)3)37-14-16-10-18(24(26,27)28)13-19(11-16)25(29,30)31/h6-7,10-13,15H,4-5,8-9,14H2,1-3H3. The van der Waals surface area contributed by atoms with Gasteiger partial charge in [0.15, 0.2) is 5.16 Å². The van der Waals surface area contributed by atoms with Crippen molar-refractivity contribution in [3.05, 3.63) is 58.7 Å². The Bertz CT molecular complexity index is 1210. The smallest absolute Gasteiger partial charge is 0.416 e. The highest BCUT2D eigenvalue weighted by Gasteiger charge is 2.36. The fourth-order valence-electron chi connectivity index (χ4n) is 3.57. The number of thioether (sulfide) groups is 1. The van der Waals surface area contributed by atoms with Crippen molar-refractivity contribution in [2.45, 2.75) is 63.1 Å². The molecule has 0 aliphatic carbocycles. The van der Waals surface area contributed by atoms with E-state index in [4.69, 9.17) is 9.47 Å². The zero-order valence-electron chi connectivity index (χ0n) is 20.4. The van der Waals surface area contributed by atoms with Gasteiger partial charge in [0.1, 0.15) is 0 Å². The third-order valence-corrected chi connectivity index (χ3v) is 6.26. The highest BCUT2D eigenvalue weighted by Crippen LogP contribution is 2.38. The topological polar surface area (TPSA) is 53.3 Å². The van der Waals surface area contributed by atoms with Gasteiger partial charge in [-0.3, -0.25) is 0 Å². The Labute approximate surface area is 214 Å². The van der Waals surface area contributed by atoms with Gasteiger partial charge >= 0.3 is 18.3 Å². The normalized spacial score (nSPS) is 12.5. The van der Waals surface area contributed by atoms with Crippen molar-refractivity contribution in [1.29, 1.82) is 0 Å². The molecule has 37 heavy (non-hydrogen) atoms. The van der Waals surface area contributed by atoms with Crippen LogP contribution in [0, 0.1) is 0 Å². The summed E-state index contributed by atoms with van der Waals surface area (Å²) in [6.45, 7) is 6.56. The molecule has 0 spiro atoms. The molecular weight excluding hydrogens is 522 g/mol. The van der Waals surface area contributed by atoms with Crippen LogP contribution in [0.25, 0.3) is 11.0 Å². The number of hydrogen-bond donors (Lipinski definition) is 0. The van der Waals surface area contributed by atoms with Crippen molar-refractivity contribution in [1.82, 2.24) is 9.55 Å². The van der Waals surface area contributed by atoms with Crippen LogP contribution in [0.5, 0.6) is 0 Å². The summed E-state index contributed by atoms with van der Waals surface area (Å²) in [7, 11) is 0. The lowest BCUT2D eigenvalue weighted by atomic mass is 10.1. The van der Waals surface area contributed by atoms with Gasteiger partial charge in [0.2, 0.25) is 0 Å². The minimum absolute atomic E-state index is 0.0317. The Hall–Kier alpha value is -2.73. The van der Waals surface area contributed by atoms with Gasteiger partial charge in [0, 0.05) is 18.9 Å². The SMILES string of the molecule is CCOC(=O)c1ccc2c(c1)nc(SCc1cc(C(F)(F)F)cc(C(F)(F)F)c1)n2CCCOC(C)C. The number of alkyl halides is 6. The summed E-state index contributed by atoms with van der Waals surface area (Å²) in [4.78, 5) is 16.6. The first-order chi connectivity index (χ1) is 17.3. The van der Waals surface area contributed by atoms with Crippen molar-refractivity contribution >= 4 is 28.8 Å². The summed E-state index contributed by atoms with van der Waals surface area (Å²) >= 11 is 1.01. The highest BCUT2D eigenvalue weighted by molar-refractivity contribution is 7.98. The Morgan fingerprint density at radius 2 is 1.68 bits per heavy atom. The van der Waals surface area contributed by atoms with Crippen molar-refractivity contribution in [3.63, 3.8) is 0 Å². The van der Waals surface area contributed by atoms with Gasteiger partial charge in [-0.2, -0.15) is 26.3 Å². The Morgan fingerprint density at radius 1 is 1.03 bits per heavy atom. The summed E-state index contributed by atoms with van der Waals surface area (Å²) < 4.78 is 91.9. The molecule has 0 saturated heterocycles. The molecule has 0 unspecified atom stereocenters. The van der Waals surface area contributed by atoms with Crippen LogP contribution in [0.2, 0.25) is 0 Å². The Morgan fingerprint density at radius 3 is 2.24 bits per heavy atom. The second-order valence-corrected chi connectivity index (χ2v) is 9.39. The summed E-state index contributed by atoms with van der Waals surface area (Å²) in [6.07, 6.45) is -9.22. The van der Waals surface area contributed by atoms with Crippen LogP contribution >= 0.6 is 11.8 Å². The summed E-state index contributed by atoms with van der Waals surface area (Å²) in [5.41, 5.74) is -1.46. The van der Waals surface area contributed by atoms with Crippen molar-refractivity contribution in [2.24, 2.45) is 0 Å². The Kier molecular flexibility index (Phi) is 9.17. The second kappa shape index (κ2) is 11.8. The average Bonchev–Trinajstić information content (AvgIpc) is 3.15. The van der Waals surface area contributed by atoms with Crippen LogP contribution in [-0.2, 0) is 34.1 Å². The van der Waals surface area contributed by atoms with E-state index in [-0.39, 0.29) is 35.7 Å². The molecule has 0 amide bonds. The number of nitrogens with zero attached hydrogens (tertiary/aromatic N) is 2. The Balaban J connectivity index is 1.94. The second-order valence-electron chi connectivity index (χ2n) is 8.45. The number of fused-ring (bicyclic) bond motifs is 1. The molecular formula is C25H26F6N2O3S. The predicted molar refractivity (Wildman–Crippen MR) is 127 cm³/mol. The van der Waals surface area contributed by atoms with E-state index in [0.717, 1.165) is 11.8 Å². The first kappa shape index (κ1) is 28.8. The van der Waals surface area contributed by atoms with E-state index in [1.807, 2.05) is 18.4 Å². The van der Waals surface area contributed by atoms with E-state index in [2.05, 4.69) is 4.98 Å². The maximum Gasteiger partial charge on any atom is 0.416 e. The van der Waals surface area contributed by atoms with Crippen molar-refractivity contribution < 1.29 is 40.6 Å². The van der Waals surface area contributed by atoms with Crippen molar-refractivity contribution in [2.75, 3.05) is 13.2 Å². The molecule has 0 bridgehead atoms. The average molecular weight is 549 g/mol. The molecule has 0 saturated carbocycles. The number of rotatable bonds is 10. The minimum atomic E-state index is -4.92. The molecule has 202 valence electrons. The van der Waals surface area contributed by atoms with Gasteiger partial charge in [-0.1, -0.05) is 11.8 Å². The monoisotopic (exact) mass is 548 g/mol. The lowest BCUT2D eigenvalue weighted by Gasteiger charge is -2.14. The van der Waals surface area contributed by atoms with Gasteiger partial charge in [-0.25, -0.2) is 9.78 Å². The molecule has 3 aromatic rings. The number of ether oxygens (including phenoxy) is 2. The van der Waals surface area contributed by atoms with E-state index >= 15 is 0 Å². The van der Waals surface area contributed by atoms with E-state index in [1.54, 1.807) is 25.1 Å².